The molecule has 0 fully saturated rings. The van der Waals surface area contributed by atoms with Crippen LogP contribution in [0.25, 0.3) is 11.0 Å². The van der Waals surface area contributed by atoms with E-state index in [4.69, 9.17) is 4.42 Å². The van der Waals surface area contributed by atoms with Gasteiger partial charge in [0.25, 0.3) is 5.69 Å². The van der Waals surface area contributed by atoms with Gasteiger partial charge in [-0.3, -0.25) is 10.1 Å². The van der Waals surface area contributed by atoms with Gasteiger partial charge < -0.3 is 4.42 Å². The normalized spacial score (nSPS) is 11.9. The van der Waals surface area contributed by atoms with E-state index in [0.717, 1.165) is 0 Å². The highest BCUT2D eigenvalue weighted by molar-refractivity contribution is 5.80. The summed E-state index contributed by atoms with van der Waals surface area (Å²) in [5, 5.41) is 11.0. The van der Waals surface area contributed by atoms with E-state index in [9.17, 15) is 23.3 Å². The standard InChI is InChI=1S/C11H8F3NO3/c12-11(13,14)4-3-9-6-7-5-8(15(16)17)1-2-10(7)18-9/h1-2,5-6H,3-4H2. The van der Waals surface area contributed by atoms with Gasteiger partial charge in [-0.05, 0) is 12.1 Å². The molecule has 0 saturated carbocycles. The summed E-state index contributed by atoms with van der Waals surface area (Å²) in [6, 6.07) is 5.30. The molecule has 96 valence electrons. The van der Waals surface area contributed by atoms with Crippen LogP contribution in [-0.2, 0) is 6.42 Å². The van der Waals surface area contributed by atoms with Crippen molar-refractivity contribution in [1.82, 2.24) is 0 Å². The molecule has 0 aliphatic carbocycles. The number of hydrogen-bond acceptors (Lipinski definition) is 3. The second kappa shape index (κ2) is 4.32. The third kappa shape index (κ3) is 2.79. The fraction of sp³-hybridized carbons (Fsp3) is 0.273. The molecule has 1 heterocycles. The molecule has 0 N–H and O–H groups in total. The molecule has 0 atom stereocenters. The number of hydrogen-bond donors (Lipinski definition) is 0. The third-order valence-corrected chi connectivity index (χ3v) is 2.42. The highest BCUT2D eigenvalue weighted by atomic mass is 19.4. The molecule has 0 saturated heterocycles. The van der Waals surface area contributed by atoms with Gasteiger partial charge in [-0.25, -0.2) is 0 Å². The number of furan rings is 1. The van der Waals surface area contributed by atoms with Crippen LogP contribution in [0.2, 0.25) is 0 Å². The van der Waals surface area contributed by atoms with Gasteiger partial charge in [0.1, 0.15) is 11.3 Å². The monoisotopic (exact) mass is 259 g/mol. The van der Waals surface area contributed by atoms with E-state index < -0.39 is 17.5 Å². The quantitative estimate of drug-likeness (QED) is 0.621. The SMILES string of the molecule is O=[N+]([O-])c1ccc2oc(CCC(F)(F)F)cc2c1. The Labute approximate surface area is 99.2 Å². The fourth-order valence-electron chi connectivity index (χ4n) is 1.59. The molecule has 1 aromatic heterocycles. The van der Waals surface area contributed by atoms with Crippen molar-refractivity contribution in [3.63, 3.8) is 0 Å². The van der Waals surface area contributed by atoms with Crippen molar-refractivity contribution in [2.24, 2.45) is 0 Å². The maximum Gasteiger partial charge on any atom is 0.389 e. The highest BCUT2D eigenvalue weighted by Gasteiger charge is 2.27. The first-order chi connectivity index (χ1) is 8.35. The summed E-state index contributed by atoms with van der Waals surface area (Å²) in [6.45, 7) is 0. The Bertz CT molecular complexity index is 589. The van der Waals surface area contributed by atoms with Crippen molar-refractivity contribution in [2.45, 2.75) is 19.0 Å². The van der Waals surface area contributed by atoms with Crippen LogP contribution in [0.3, 0.4) is 0 Å². The van der Waals surface area contributed by atoms with Gasteiger partial charge in [-0.1, -0.05) is 0 Å². The lowest BCUT2D eigenvalue weighted by Crippen LogP contribution is -2.07. The summed E-state index contributed by atoms with van der Waals surface area (Å²) in [4.78, 5) is 9.97. The van der Waals surface area contributed by atoms with Gasteiger partial charge in [0, 0.05) is 23.9 Å². The number of nitrogens with zero attached hydrogens (tertiary/aromatic N) is 1. The first kappa shape index (κ1) is 12.4. The minimum absolute atomic E-state index is 0.120. The van der Waals surface area contributed by atoms with Crippen molar-refractivity contribution in [2.75, 3.05) is 0 Å². The number of rotatable bonds is 3. The molecule has 0 unspecified atom stereocenters. The number of nitro groups is 1. The van der Waals surface area contributed by atoms with Crippen molar-refractivity contribution in [3.8, 4) is 0 Å². The third-order valence-electron chi connectivity index (χ3n) is 2.42. The van der Waals surface area contributed by atoms with Crippen LogP contribution < -0.4 is 0 Å². The predicted octanol–water partition coefficient (Wildman–Crippen LogP) is 3.84. The number of nitro benzene ring substituents is 1. The van der Waals surface area contributed by atoms with Crippen LogP contribution in [0.1, 0.15) is 12.2 Å². The molecule has 0 spiro atoms. The van der Waals surface area contributed by atoms with Crippen LogP contribution in [0.4, 0.5) is 18.9 Å². The number of fused-ring (bicyclic) bond motifs is 1. The second-order valence-electron chi connectivity index (χ2n) is 3.81. The minimum Gasteiger partial charge on any atom is -0.461 e. The van der Waals surface area contributed by atoms with Crippen LogP contribution in [0.5, 0.6) is 0 Å². The molecule has 0 aliphatic heterocycles. The van der Waals surface area contributed by atoms with Gasteiger partial charge >= 0.3 is 6.18 Å². The number of non-ortho nitro benzene ring substituents is 1. The molecule has 0 aliphatic rings. The molecule has 0 amide bonds. The molecule has 18 heavy (non-hydrogen) atoms. The molecular weight excluding hydrogens is 251 g/mol. The number of benzene rings is 1. The van der Waals surface area contributed by atoms with Crippen LogP contribution in [-0.4, -0.2) is 11.1 Å². The zero-order valence-corrected chi connectivity index (χ0v) is 9.03. The summed E-state index contributed by atoms with van der Waals surface area (Å²) in [7, 11) is 0. The smallest absolute Gasteiger partial charge is 0.389 e. The van der Waals surface area contributed by atoms with Gasteiger partial charge in [0.15, 0.2) is 0 Å². The molecule has 0 radical (unpaired) electrons. The predicted molar refractivity (Wildman–Crippen MR) is 57.2 cm³/mol. The summed E-state index contributed by atoms with van der Waals surface area (Å²) >= 11 is 0. The van der Waals surface area contributed by atoms with E-state index in [1.807, 2.05) is 0 Å². The maximum atomic E-state index is 12.0. The average Bonchev–Trinajstić information content (AvgIpc) is 2.66. The Morgan fingerprint density at radius 2 is 2.00 bits per heavy atom. The molecular formula is C11H8F3NO3. The number of aryl methyl sites for hydroxylation is 1. The molecule has 0 bridgehead atoms. The van der Waals surface area contributed by atoms with Crippen molar-refractivity contribution < 1.29 is 22.5 Å². The van der Waals surface area contributed by atoms with Crippen LogP contribution >= 0.6 is 0 Å². The van der Waals surface area contributed by atoms with Crippen LogP contribution in [0.15, 0.2) is 28.7 Å². The average molecular weight is 259 g/mol. The molecule has 2 rings (SSSR count). The lowest BCUT2D eigenvalue weighted by molar-refractivity contribution is -0.384. The van der Waals surface area contributed by atoms with Gasteiger partial charge in [0.05, 0.1) is 11.3 Å². The lowest BCUT2D eigenvalue weighted by atomic mass is 10.2. The van der Waals surface area contributed by atoms with E-state index in [2.05, 4.69) is 0 Å². The van der Waals surface area contributed by atoms with E-state index in [1.54, 1.807) is 0 Å². The Morgan fingerprint density at radius 1 is 1.28 bits per heavy atom. The van der Waals surface area contributed by atoms with E-state index >= 15 is 0 Å². The number of alkyl halides is 3. The highest BCUT2D eigenvalue weighted by Crippen LogP contribution is 2.27. The first-order valence-electron chi connectivity index (χ1n) is 5.09. The molecule has 4 nitrogen and oxygen atoms in total. The Hall–Kier alpha value is -2.05. The van der Waals surface area contributed by atoms with E-state index in [0.29, 0.717) is 11.0 Å². The Morgan fingerprint density at radius 3 is 2.61 bits per heavy atom. The summed E-state index contributed by atoms with van der Waals surface area (Å²) in [5.41, 5.74) is 0.225. The maximum absolute atomic E-state index is 12.0. The molecule has 7 heteroatoms. The molecule has 1 aromatic carbocycles. The minimum atomic E-state index is -4.25. The zero-order chi connectivity index (χ0) is 13.3. The summed E-state index contributed by atoms with van der Waals surface area (Å²) in [6.07, 6.45) is -5.49. The van der Waals surface area contributed by atoms with Gasteiger partial charge in [-0.15, -0.1) is 0 Å². The van der Waals surface area contributed by atoms with Gasteiger partial charge in [0.2, 0.25) is 0 Å². The van der Waals surface area contributed by atoms with Crippen LogP contribution in [0, 0.1) is 10.1 Å². The first-order valence-corrected chi connectivity index (χ1v) is 5.09. The Kier molecular flexibility index (Phi) is 2.98. The van der Waals surface area contributed by atoms with Crippen molar-refractivity contribution in [1.29, 1.82) is 0 Å². The summed E-state index contributed by atoms with van der Waals surface area (Å²) in [5.74, 6) is 0.169. The fourth-order valence-corrected chi connectivity index (χ4v) is 1.59. The largest absolute Gasteiger partial charge is 0.461 e. The summed E-state index contributed by atoms with van der Waals surface area (Å²) < 4.78 is 41.3. The van der Waals surface area contributed by atoms with Crippen molar-refractivity contribution >= 4 is 16.7 Å². The lowest BCUT2D eigenvalue weighted by Gasteiger charge is -2.02. The van der Waals surface area contributed by atoms with Crippen molar-refractivity contribution in [3.05, 3.63) is 40.1 Å². The topological polar surface area (TPSA) is 56.3 Å². The molecule has 2 aromatic rings. The van der Waals surface area contributed by atoms with E-state index in [1.165, 1.54) is 24.3 Å². The zero-order valence-electron chi connectivity index (χ0n) is 9.03. The van der Waals surface area contributed by atoms with E-state index in [-0.39, 0.29) is 17.9 Å². The van der Waals surface area contributed by atoms with Gasteiger partial charge in [-0.2, -0.15) is 13.2 Å². The number of halogens is 3. The Balaban J connectivity index is 2.24. The second-order valence-corrected chi connectivity index (χ2v) is 3.81.